The molecule has 0 aliphatic heterocycles. The molecular formula is C18H26N2O2. The second kappa shape index (κ2) is 8.08. The second-order valence-corrected chi connectivity index (χ2v) is 6.20. The molecule has 0 bridgehead atoms. The van der Waals surface area contributed by atoms with Crippen LogP contribution in [0.3, 0.4) is 0 Å². The van der Waals surface area contributed by atoms with Crippen molar-refractivity contribution >= 4 is 11.5 Å². The smallest absolute Gasteiger partial charge is 0.139 e. The predicted molar refractivity (Wildman–Crippen MR) is 90.1 cm³/mol. The van der Waals surface area contributed by atoms with Crippen molar-refractivity contribution in [1.82, 2.24) is 4.90 Å². The van der Waals surface area contributed by atoms with Crippen LogP contribution in [0.1, 0.15) is 37.2 Å². The Morgan fingerprint density at radius 1 is 1.32 bits per heavy atom. The standard InChI is InChI=1S/C18H26N2O2/c1-20(2)9-5-8-19-16-10-15(11-17(21)13-16)14-6-4-7-18(12-14)22-3/h4,6-7,12,15H,5,8-11,13H2,1-3H3/t15-/m1/s1. The lowest BCUT2D eigenvalue weighted by Gasteiger charge is -2.23. The van der Waals surface area contributed by atoms with Gasteiger partial charge in [0.1, 0.15) is 11.5 Å². The van der Waals surface area contributed by atoms with E-state index in [0.717, 1.165) is 37.4 Å². The van der Waals surface area contributed by atoms with E-state index in [4.69, 9.17) is 4.74 Å². The molecule has 120 valence electrons. The van der Waals surface area contributed by atoms with Crippen LogP contribution in [-0.4, -0.2) is 50.7 Å². The molecule has 0 amide bonds. The maximum Gasteiger partial charge on any atom is 0.139 e. The lowest BCUT2D eigenvalue weighted by atomic mass is 9.82. The molecule has 1 atom stereocenters. The number of ether oxygens (including phenoxy) is 1. The maximum atomic E-state index is 12.0. The van der Waals surface area contributed by atoms with Crippen LogP contribution in [0.15, 0.2) is 29.3 Å². The summed E-state index contributed by atoms with van der Waals surface area (Å²) in [5, 5.41) is 0. The Morgan fingerprint density at radius 3 is 2.86 bits per heavy atom. The van der Waals surface area contributed by atoms with Gasteiger partial charge in [0.25, 0.3) is 0 Å². The van der Waals surface area contributed by atoms with Gasteiger partial charge in [0.15, 0.2) is 0 Å². The van der Waals surface area contributed by atoms with Crippen LogP contribution in [0, 0.1) is 0 Å². The predicted octanol–water partition coefficient (Wildman–Crippen LogP) is 2.92. The number of nitrogens with zero attached hydrogens (tertiary/aromatic N) is 2. The van der Waals surface area contributed by atoms with Crippen molar-refractivity contribution in [2.75, 3.05) is 34.3 Å². The summed E-state index contributed by atoms with van der Waals surface area (Å²) >= 11 is 0. The molecule has 22 heavy (non-hydrogen) atoms. The Labute approximate surface area is 133 Å². The molecule has 4 nitrogen and oxygen atoms in total. The number of hydrogen-bond acceptors (Lipinski definition) is 4. The van der Waals surface area contributed by atoms with E-state index in [1.165, 1.54) is 5.56 Å². The molecule has 1 aliphatic carbocycles. The summed E-state index contributed by atoms with van der Waals surface area (Å²) in [4.78, 5) is 18.9. The fourth-order valence-corrected chi connectivity index (χ4v) is 2.88. The molecule has 1 aliphatic rings. The van der Waals surface area contributed by atoms with Gasteiger partial charge < -0.3 is 9.64 Å². The summed E-state index contributed by atoms with van der Waals surface area (Å²) in [5.74, 6) is 1.38. The minimum absolute atomic E-state index is 0.240. The van der Waals surface area contributed by atoms with Crippen LogP contribution >= 0.6 is 0 Å². The third-order valence-corrected chi connectivity index (χ3v) is 4.02. The Bertz CT molecular complexity index is 538. The number of methoxy groups -OCH3 is 1. The van der Waals surface area contributed by atoms with Gasteiger partial charge in [-0.3, -0.25) is 9.79 Å². The number of carbonyl (C=O) groups excluding carboxylic acids is 1. The quantitative estimate of drug-likeness (QED) is 0.759. The maximum absolute atomic E-state index is 12.0. The normalized spacial score (nSPS) is 20.6. The van der Waals surface area contributed by atoms with Crippen molar-refractivity contribution in [3.63, 3.8) is 0 Å². The van der Waals surface area contributed by atoms with Gasteiger partial charge in [-0.15, -0.1) is 0 Å². The third kappa shape index (κ3) is 4.95. The van der Waals surface area contributed by atoms with Gasteiger partial charge in [-0.25, -0.2) is 0 Å². The Kier molecular flexibility index (Phi) is 6.13. The molecule has 1 aromatic carbocycles. The minimum atomic E-state index is 0.240. The topological polar surface area (TPSA) is 41.9 Å². The minimum Gasteiger partial charge on any atom is -0.497 e. The van der Waals surface area contributed by atoms with Gasteiger partial charge in [0.05, 0.1) is 7.11 Å². The van der Waals surface area contributed by atoms with Gasteiger partial charge in [-0.1, -0.05) is 12.1 Å². The summed E-state index contributed by atoms with van der Waals surface area (Å²) in [5.41, 5.74) is 2.23. The van der Waals surface area contributed by atoms with Crippen molar-refractivity contribution < 1.29 is 9.53 Å². The van der Waals surface area contributed by atoms with E-state index in [1.807, 2.05) is 18.2 Å². The zero-order chi connectivity index (χ0) is 15.9. The van der Waals surface area contributed by atoms with Crippen molar-refractivity contribution in [2.24, 2.45) is 4.99 Å². The van der Waals surface area contributed by atoms with Crippen LogP contribution in [0.5, 0.6) is 5.75 Å². The van der Waals surface area contributed by atoms with Crippen molar-refractivity contribution in [1.29, 1.82) is 0 Å². The van der Waals surface area contributed by atoms with E-state index in [-0.39, 0.29) is 5.92 Å². The van der Waals surface area contributed by atoms with Gasteiger partial charge in [-0.05, 0) is 57.1 Å². The van der Waals surface area contributed by atoms with E-state index in [1.54, 1.807) is 7.11 Å². The zero-order valence-electron chi connectivity index (χ0n) is 13.8. The van der Waals surface area contributed by atoms with Crippen LogP contribution in [0.2, 0.25) is 0 Å². The zero-order valence-corrected chi connectivity index (χ0v) is 13.8. The monoisotopic (exact) mass is 302 g/mol. The lowest BCUT2D eigenvalue weighted by Crippen LogP contribution is -2.22. The van der Waals surface area contributed by atoms with Gasteiger partial charge in [-0.2, -0.15) is 0 Å². The number of Topliss-reactive ketones (excluding diaryl/α,β-unsaturated/α-hetero) is 1. The summed E-state index contributed by atoms with van der Waals surface area (Å²) in [6, 6.07) is 8.04. The number of rotatable bonds is 6. The first-order valence-corrected chi connectivity index (χ1v) is 7.91. The van der Waals surface area contributed by atoms with Crippen molar-refractivity contribution in [2.45, 2.75) is 31.6 Å². The molecular weight excluding hydrogens is 276 g/mol. The molecule has 0 heterocycles. The van der Waals surface area contributed by atoms with Crippen LogP contribution < -0.4 is 4.74 Å². The third-order valence-electron chi connectivity index (χ3n) is 4.02. The molecule has 0 spiro atoms. The first kappa shape index (κ1) is 16.7. The molecule has 4 heteroatoms. The molecule has 1 saturated carbocycles. The van der Waals surface area contributed by atoms with Crippen molar-refractivity contribution in [3.8, 4) is 5.75 Å². The van der Waals surface area contributed by atoms with Gasteiger partial charge >= 0.3 is 0 Å². The highest BCUT2D eigenvalue weighted by Gasteiger charge is 2.25. The SMILES string of the molecule is COc1cccc([C@H]2CC(=O)CC(=NCCCN(C)C)C2)c1. The molecule has 2 rings (SSSR count). The Balaban J connectivity index is 2.01. The van der Waals surface area contributed by atoms with Gasteiger partial charge in [0.2, 0.25) is 0 Å². The number of carbonyl (C=O) groups is 1. The molecule has 0 unspecified atom stereocenters. The van der Waals surface area contributed by atoms with E-state index in [2.05, 4.69) is 30.1 Å². The molecule has 1 aromatic rings. The van der Waals surface area contributed by atoms with Crippen LogP contribution in [0.25, 0.3) is 0 Å². The van der Waals surface area contributed by atoms with E-state index in [9.17, 15) is 4.79 Å². The van der Waals surface area contributed by atoms with Crippen molar-refractivity contribution in [3.05, 3.63) is 29.8 Å². The van der Waals surface area contributed by atoms with Crippen LogP contribution in [0.4, 0.5) is 0 Å². The molecule has 0 saturated heterocycles. The Hall–Kier alpha value is -1.68. The summed E-state index contributed by atoms with van der Waals surface area (Å²) in [7, 11) is 5.80. The number of hydrogen-bond donors (Lipinski definition) is 0. The summed E-state index contributed by atoms with van der Waals surface area (Å²) in [6.07, 6.45) is 3.07. The second-order valence-electron chi connectivity index (χ2n) is 6.20. The molecule has 1 fully saturated rings. The van der Waals surface area contributed by atoms with E-state index in [0.29, 0.717) is 18.6 Å². The lowest BCUT2D eigenvalue weighted by molar-refractivity contribution is -0.118. The molecule has 0 radical (unpaired) electrons. The first-order chi connectivity index (χ1) is 10.6. The highest BCUT2D eigenvalue weighted by atomic mass is 16.5. The molecule has 0 aromatic heterocycles. The largest absolute Gasteiger partial charge is 0.497 e. The van der Waals surface area contributed by atoms with E-state index >= 15 is 0 Å². The highest BCUT2D eigenvalue weighted by molar-refractivity contribution is 6.05. The number of ketones is 1. The fraction of sp³-hybridized carbons (Fsp3) is 0.556. The highest BCUT2D eigenvalue weighted by Crippen LogP contribution is 2.31. The van der Waals surface area contributed by atoms with E-state index < -0.39 is 0 Å². The summed E-state index contributed by atoms with van der Waals surface area (Å²) < 4.78 is 5.28. The Morgan fingerprint density at radius 2 is 2.14 bits per heavy atom. The first-order valence-electron chi connectivity index (χ1n) is 7.91. The fourth-order valence-electron chi connectivity index (χ4n) is 2.88. The number of aliphatic imine (C=N–C) groups is 1. The van der Waals surface area contributed by atoms with Crippen LogP contribution in [-0.2, 0) is 4.79 Å². The average molecular weight is 302 g/mol. The average Bonchev–Trinajstić information content (AvgIpc) is 2.51. The van der Waals surface area contributed by atoms with Gasteiger partial charge in [0, 0.05) is 25.1 Å². The summed E-state index contributed by atoms with van der Waals surface area (Å²) in [6.45, 7) is 1.84. The molecule has 0 N–H and O–H groups in total. The number of benzene rings is 1.